The van der Waals surface area contributed by atoms with Crippen LogP contribution in [0.1, 0.15) is 95.5 Å². The molecule has 1 spiro atoms. The number of nitrogens with zero attached hydrogens (tertiary/aromatic N) is 4. The van der Waals surface area contributed by atoms with Gasteiger partial charge in [-0.3, -0.25) is 0 Å². The van der Waals surface area contributed by atoms with Crippen molar-refractivity contribution in [2.24, 2.45) is 0 Å². The molecule has 4 nitrogen and oxygen atoms in total. The minimum absolute atomic E-state index is 0.0170. The van der Waals surface area contributed by atoms with Crippen LogP contribution < -0.4 is 26.2 Å². The lowest BCUT2D eigenvalue weighted by Crippen LogP contribution is -2.61. The zero-order chi connectivity index (χ0) is 98.2. The van der Waals surface area contributed by atoms with Crippen molar-refractivity contribution in [2.75, 3.05) is 9.80 Å². The highest BCUT2D eigenvalue weighted by molar-refractivity contribution is 7.00. The Hall–Kier alpha value is -15.6. The molecule has 0 saturated heterocycles. The van der Waals surface area contributed by atoms with Gasteiger partial charge >= 0.3 is 0 Å². The first-order valence-corrected chi connectivity index (χ1v) is 43.9. The summed E-state index contributed by atoms with van der Waals surface area (Å²) in [7, 11) is 0. The molecule has 4 aliphatic rings. The van der Waals surface area contributed by atoms with Gasteiger partial charge in [-0.05, 0) is 217 Å². The Kier molecular flexibility index (Phi) is 13.0. The molecule has 0 amide bonds. The fraction of sp³-hybridized carbons (Fsp3) is 0.0732. The predicted molar refractivity (Wildman–Crippen MR) is 543 cm³/mol. The molecule has 0 bridgehead atoms. The average molecular weight is 1650 g/mol. The lowest BCUT2D eigenvalue weighted by atomic mass is 9.33. The van der Waals surface area contributed by atoms with E-state index >= 15 is 0 Å². The monoisotopic (exact) mass is 1650 g/mol. The quantitative estimate of drug-likeness (QED) is 0.141. The van der Waals surface area contributed by atoms with E-state index in [2.05, 4.69) is 306 Å². The van der Waals surface area contributed by atoms with Gasteiger partial charge in [-0.25, -0.2) is 0 Å². The first kappa shape index (κ1) is 60.1. The standard InChI is InChI=1S/C123H87BN4/c1-121(2,3)82-69-98(76-36-11-7-12-37-76)119(99(70-82)77-38-13-8-14-39-77)127-113-73-84(125-109-59-32-26-51-93(109)94-52-27-33-60-110(94)125)63-65-107(113)124-108-74-102-88-47-22-20-45-86(88)85-44-19-21-46-87(85)96-54-35-55-97-95-53-28-34-61-111(95)126(118(96)97)112(102)75-114(108)128(120-100(78-40-15-9-16-41-78)71-83(122(4,5)6)72-101(120)79-42-17-10-18-43-79)116-68-81(67-115(127)117(116)124)80-62-64-92-91-50-25-31-58-105(91)123(106(92)66-80)103-56-29-23-48-89(103)90-49-24-30-57-104(90)123/h7-75H,1-6H3/i26D,27D,28D,32D,33D,34D,35D,51D,52D,53D,54D,55D,59D,60D,61D. The van der Waals surface area contributed by atoms with Gasteiger partial charge < -0.3 is 18.8 Å². The largest absolute Gasteiger partial charge is 0.310 e. The van der Waals surface area contributed by atoms with Crippen LogP contribution in [0.5, 0.6) is 0 Å². The van der Waals surface area contributed by atoms with E-state index in [-0.39, 0.29) is 61.1 Å². The van der Waals surface area contributed by atoms with Gasteiger partial charge in [0.1, 0.15) is 0 Å². The predicted octanol–water partition coefficient (Wildman–Crippen LogP) is 30.7. The maximum atomic E-state index is 10.6. The van der Waals surface area contributed by atoms with Crippen LogP contribution in [0.4, 0.5) is 34.1 Å². The van der Waals surface area contributed by atoms with Crippen LogP contribution in [0.15, 0.2) is 418 Å². The van der Waals surface area contributed by atoms with Gasteiger partial charge in [0.05, 0.1) is 64.9 Å². The SMILES string of the molecule is [2H]c1c([2H])c([2H])c2c(c1[2H])c1c([2H])c([2H])c([2H])c([2H])c1n2-c1ccc2c(c1)N(c1c(-c3ccccc3)cc(C(C)(C)C)cc1-c1ccccc1)c1cc(-c3ccc4c(c3)C3(c5ccccc5-c5ccccc53)c3ccccc3-4)cc3c1B2c1cc2c4ccccc4c4ccccc4c4c([2H])c([2H])c([2H])c5c6c([2H])c([2H])c([2H])c([2H])c6n(c2cc1N3c1c(-c2ccccc2)cc(C(C)(C)C)cc1-c1ccccc1)c45. The summed E-state index contributed by atoms with van der Waals surface area (Å²) in [6.07, 6.45) is 0. The van der Waals surface area contributed by atoms with E-state index in [1.165, 1.54) is 0 Å². The minimum Gasteiger partial charge on any atom is -0.310 e. The van der Waals surface area contributed by atoms with Crippen molar-refractivity contribution in [1.29, 1.82) is 0 Å². The molecular weight excluding hydrogens is 1540 g/mol. The summed E-state index contributed by atoms with van der Waals surface area (Å²) in [5.74, 6) is 0. The van der Waals surface area contributed by atoms with Crippen molar-refractivity contribution >= 4 is 139 Å². The Morgan fingerprint density at radius 1 is 0.258 bits per heavy atom. The van der Waals surface area contributed by atoms with Crippen molar-refractivity contribution in [3.8, 4) is 83.6 Å². The molecule has 0 fully saturated rings. The molecule has 0 saturated carbocycles. The summed E-state index contributed by atoms with van der Waals surface area (Å²) >= 11 is 0. The molecule has 0 radical (unpaired) electrons. The molecule has 26 rings (SSSR count). The zero-order valence-electron chi connectivity index (χ0n) is 86.0. The number of hydrogen-bond donors (Lipinski definition) is 0. The molecule has 5 heterocycles. The Morgan fingerprint density at radius 3 is 1.11 bits per heavy atom. The molecule has 602 valence electrons. The van der Waals surface area contributed by atoms with Gasteiger partial charge in [0.2, 0.25) is 0 Å². The lowest BCUT2D eigenvalue weighted by Gasteiger charge is -2.46. The third-order valence-electron chi connectivity index (χ3n) is 27.7. The molecule has 0 unspecified atom stereocenters. The highest BCUT2D eigenvalue weighted by atomic mass is 15.2. The summed E-state index contributed by atoms with van der Waals surface area (Å²) < 4.78 is 153. The van der Waals surface area contributed by atoms with Gasteiger partial charge in [0.25, 0.3) is 6.71 Å². The highest BCUT2D eigenvalue weighted by Crippen LogP contribution is 2.64. The van der Waals surface area contributed by atoms with E-state index in [1.807, 2.05) is 77.2 Å². The second-order valence-corrected chi connectivity index (χ2v) is 36.6. The first-order valence-electron chi connectivity index (χ1n) is 51.4. The van der Waals surface area contributed by atoms with Crippen molar-refractivity contribution in [3.63, 3.8) is 0 Å². The van der Waals surface area contributed by atoms with Crippen LogP contribution in [0.2, 0.25) is 0 Å². The maximum absolute atomic E-state index is 10.6. The van der Waals surface area contributed by atoms with Crippen LogP contribution in [0.3, 0.4) is 0 Å². The Labute approximate surface area is 766 Å². The number of para-hydroxylation sites is 4. The van der Waals surface area contributed by atoms with E-state index in [0.717, 1.165) is 150 Å². The Morgan fingerprint density at radius 2 is 0.641 bits per heavy atom. The van der Waals surface area contributed by atoms with Crippen LogP contribution in [0, 0.1) is 0 Å². The van der Waals surface area contributed by atoms with Crippen molar-refractivity contribution in [3.05, 3.63) is 452 Å². The number of anilines is 6. The van der Waals surface area contributed by atoms with Crippen LogP contribution in [-0.4, -0.2) is 15.7 Å². The van der Waals surface area contributed by atoms with E-state index in [4.69, 9.17) is 0 Å². The van der Waals surface area contributed by atoms with Crippen LogP contribution in [-0.2, 0) is 16.2 Å². The fourth-order valence-corrected chi connectivity index (χ4v) is 22.0. The summed E-state index contributed by atoms with van der Waals surface area (Å²) in [5, 5.41) is 3.48. The smallest absolute Gasteiger partial charge is 0.252 e. The number of fused-ring (bicyclic) bond motifs is 27. The third-order valence-corrected chi connectivity index (χ3v) is 27.7. The van der Waals surface area contributed by atoms with Crippen LogP contribution >= 0.6 is 0 Å². The van der Waals surface area contributed by atoms with Crippen LogP contribution in [0.25, 0.3) is 165 Å². The molecular formula is C123H87BN4. The van der Waals surface area contributed by atoms with Gasteiger partial charge in [-0.2, -0.15) is 0 Å². The number of aromatic nitrogens is 2. The van der Waals surface area contributed by atoms with E-state index in [9.17, 15) is 20.6 Å². The molecule has 128 heavy (non-hydrogen) atoms. The first-order chi connectivity index (χ1) is 69.0. The Bertz CT molecular complexity index is 9260. The summed E-state index contributed by atoms with van der Waals surface area (Å²) in [6.45, 7) is 12.5. The van der Waals surface area contributed by atoms with Gasteiger partial charge in [-0.1, -0.05) is 381 Å². The lowest BCUT2D eigenvalue weighted by molar-refractivity contribution is 0.590. The molecule has 5 heteroatoms. The molecule has 19 aromatic carbocycles. The number of hydrogen-bond acceptors (Lipinski definition) is 2. The summed E-state index contributed by atoms with van der Waals surface area (Å²) in [6, 6.07) is 109. The maximum Gasteiger partial charge on any atom is 0.252 e. The molecule has 2 aliphatic carbocycles. The average Bonchev–Trinajstić information content (AvgIpc) is 1.59. The summed E-state index contributed by atoms with van der Waals surface area (Å²) in [5.41, 5.74) is 25.4. The minimum atomic E-state index is -0.894. The second-order valence-electron chi connectivity index (χ2n) is 36.6. The number of rotatable bonds is 8. The van der Waals surface area contributed by atoms with Gasteiger partial charge in [0, 0.05) is 83.0 Å². The summed E-state index contributed by atoms with van der Waals surface area (Å²) in [4.78, 5) is 4.87. The molecule has 0 atom stereocenters. The van der Waals surface area contributed by atoms with Gasteiger partial charge in [0.15, 0.2) is 0 Å². The fourth-order valence-electron chi connectivity index (χ4n) is 22.0. The third kappa shape index (κ3) is 10.7. The normalized spacial score (nSPS) is 15.0. The topological polar surface area (TPSA) is 15.8 Å². The highest BCUT2D eigenvalue weighted by Gasteiger charge is 2.53. The zero-order valence-corrected chi connectivity index (χ0v) is 71.0. The van der Waals surface area contributed by atoms with E-state index < -0.39 is 102 Å². The molecule has 2 aliphatic heterocycles. The van der Waals surface area contributed by atoms with E-state index in [1.54, 1.807) is 4.57 Å². The number of benzene rings is 19. The molecule has 22 aromatic rings. The van der Waals surface area contributed by atoms with Gasteiger partial charge in [-0.15, -0.1) is 0 Å². The molecule has 3 aromatic heterocycles. The van der Waals surface area contributed by atoms with Crippen molar-refractivity contribution < 1.29 is 20.6 Å². The van der Waals surface area contributed by atoms with E-state index in [0.29, 0.717) is 49.8 Å². The van der Waals surface area contributed by atoms with Crippen molar-refractivity contribution in [2.45, 2.75) is 57.8 Å². The second kappa shape index (κ2) is 27.7. The molecule has 0 N–H and O–H groups in total. The van der Waals surface area contributed by atoms with Crippen molar-refractivity contribution in [1.82, 2.24) is 8.97 Å². The Balaban J connectivity index is 0.933.